The number of amides is 1. The highest BCUT2D eigenvalue weighted by Crippen LogP contribution is 2.31. The molecule has 1 aromatic heterocycles. The summed E-state index contributed by atoms with van der Waals surface area (Å²) in [5.41, 5.74) is 8.02. The van der Waals surface area contributed by atoms with Crippen LogP contribution in [-0.4, -0.2) is 36.1 Å². The molecule has 0 bridgehead atoms. The number of nitrogens with one attached hydrogen (secondary N) is 1. The van der Waals surface area contributed by atoms with Crippen molar-refractivity contribution < 1.29 is 4.79 Å². The third kappa shape index (κ3) is 3.57. The molecule has 2 heterocycles. The van der Waals surface area contributed by atoms with E-state index in [0.717, 1.165) is 36.1 Å². The van der Waals surface area contributed by atoms with Crippen molar-refractivity contribution >= 4 is 22.5 Å². The fraction of sp³-hybridized carbons (Fsp3) is 0.421. The lowest BCUT2D eigenvalue weighted by atomic mass is 9.94. The van der Waals surface area contributed by atoms with Crippen molar-refractivity contribution in [3.63, 3.8) is 0 Å². The Morgan fingerprint density at radius 2 is 2.24 bits per heavy atom. The Morgan fingerprint density at radius 3 is 2.96 bits per heavy atom. The lowest BCUT2D eigenvalue weighted by Crippen LogP contribution is -2.53. The number of pyridine rings is 1. The van der Waals surface area contributed by atoms with Crippen LogP contribution in [0.5, 0.6) is 0 Å². The Morgan fingerprint density at radius 1 is 1.44 bits per heavy atom. The van der Waals surface area contributed by atoms with Gasteiger partial charge < -0.3 is 16.0 Å². The Bertz CT molecular complexity index is 826. The van der Waals surface area contributed by atoms with Crippen molar-refractivity contribution in [2.75, 3.05) is 18.0 Å². The third-order valence-electron chi connectivity index (χ3n) is 4.63. The van der Waals surface area contributed by atoms with Gasteiger partial charge in [0.15, 0.2) is 0 Å². The number of rotatable bonds is 3. The molecule has 6 heteroatoms. The van der Waals surface area contributed by atoms with Crippen LogP contribution in [0.2, 0.25) is 0 Å². The third-order valence-corrected chi connectivity index (χ3v) is 4.63. The number of hydrogen-bond acceptors (Lipinski definition) is 5. The number of carbonyl (C=O) groups is 1. The molecule has 0 saturated carbocycles. The smallest absolute Gasteiger partial charge is 0.236 e. The van der Waals surface area contributed by atoms with E-state index >= 15 is 0 Å². The van der Waals surface area contributed by atoms with Crippen LogP contribution in [0.25, 0.3) is 10.9 Å². The van der Waals surface area contributed by atoms with Gasteiger partial charge in [0.1, 0.15) is 6.07 Å². The fourth-order valence-corrected chi connectivity index (χ4v) is 3.51. The van der Waals surface area contributed by atoms with Gasteiger partial charge in [-0.2, -0.15) is 5.26 Å². The second-order valence-corrected chi connectivity index (χ2v) is 6.88. The molecule has 0 aliphatic carbocycles. The average Bonchev–Trinajstić information content (AvgIpc) is 2.60. The molecular formula is C19H23N5O. The summed E-state index contributed by atoms with van der Waals surface area (Å²) in [6.45, 7) is 5.50. The summed E-state index contributed by atoms with van der Waals surface area (Å²) < 4.78 is 0. The Labute approximate surface area is 147 Å². The highest BCUT2D eigenvalue weighted by molar-refractivity contribution is 5.95. The number of anilines is 1. The first-order valence-electron chi connectivity index (χ1n) is 8.58. The second kappa shape index (κ2) is 7.08. The monoisotopic (exact) mass is 337 g/mol. The van der Waals surface area contributed by atoms with Crippen LogP contribution >= 0.6 is 0 Å². The molecule has 3 N–H and O–H groups in total. The van der Waals surface area contributed by atoms with E-state index in [1.807, 2.05) is 24.3 Å². The summed E-state index contributed by atoms with van der Waals surface area (Å²) in [6.07, 6.45) is 2.64. The van der Waals surface area contributed by atoms with Gasteiger partial charge >= 0.3 is 0 Å². The Hall–Kier alpha value is -2.65. The van der Waals surface area contributed by atoms with Crippen molar-refractivity contribution in [2.45, 2.75) is 32.4 Å². The van der Waals surface area contributed by atoms with Crippen molar-refractivity contribution in [3.05, 3.63) is 36.0 Å². The van der Waals surface area contributed by atoms with E-state index in [1.54, 1.807) is 13.1 Å². The van der Waals surface area contributed by atoms with E-state index in [0.29, 0.717) is 11.5 Å². The molecule has 1 saturated heterocycles. The van der Waals surface area contributed by atoms with Crippen molar-refractivity contribution in [1.82, 2.24) is 10.3 Å². The first kappa shape index (κ1) is 17.2. The molecule has 1 amide bonds. The number of fused-ring (bicyclic) bond motifs is 1. The van der Waals surface area contributed by atoms with Crippen molar-refractivity contribution in [2.24, 2.45) is 11.7 Å². The highest BCUT2D eigenvalue weighted by Gasteiger charge is 2.27. The molecule has 0 spiro atoms. The lowest BCUT2D eigenvalue weighted by molar-refractivity contribution is -0.122. The molecule has 1 unspecified atom stereocenters. The first-order valence-corrected chi connectivity index (χ1v) is 8.58. The predicted molar refractivity (Wildman–Crippen MR) is 98.0 cm³/mol. The van der Waals surface area contributed by atoms with E-state index in [4.69, 9.17) is 5.73 Å². The topological polar surface area (TPSA) is 95.0 Å². The maximum atomic E-state index is 12.0. The summed E-state index contributed by atoms with van der Waals surface area (Å²) in [7, 11) is 0. The second-order valence-electron chi connectivity index (χ2n) is 6.88. The molecule has 3 atom stereocenters. The van der Waals surface area contributed by atoms with E-state index in [1.165, 1.54) is 0 Å². The first-order chi connectivity index (χ1) is 12.0. The quantitative estimate of drug-likeness (QED) is 0.890. The molecule has 3 rings (SSSR count). The minimum absolute atomic E-state index is 0.0598. The molecule has 1 fully saturated rings. The summed E-state index contributed by atoms with van der Waals surface area (Å²) in [6, 6.07) is 9.43. The van der Waals surface area contributed by atoms with E-state index < -0.39 is 6.04 Å². The van der Waals surface area contributed by atoms with Crippen LogP contribution in [0, 0.1) is 17.2 Å². The molecule has 0 radical (unpaired) electrons. The van der Waals surface area contributed by atoms with Crippen LogP contribution in [-0.2, 0) is 4.79 Å². The molecule has 6 nitrogen and oxygen atoms in total. The summed E-state index contributed by atoms with van der Waals surface area (Å²) >= 11 is 0. The van der Waals surface area contributed by atoms with Gasteiger partial charge in [-0.15, -0.1) is 0 Å². The van der Waals surface area contributed by atoms with Crippen molar-refractivity contribution in [1.29, 1.82) is 5.26 Å². The van der Waals surface area contributed by atoms with Gasteiger partial charge in [-0.3, -0.25) is 9.78 Å². The molecule has 2 aromatic rings. The van der Waals surface area contributed by atoms with Crippen LogP contribution in [0.1, 0.15) is 25.8 Å². The van der Waals surface area contributed by atoms with E-state index in [2.05, 4.69) is 28.2 Å². The zero-order chi connectivity index (χ0) is 18.0. The maximum absolute atomic E-state index is 12.0. The highest BCUT2D eigenvalue weighted by atomic mass is 16.2. The van der Waals surface area contributed by atoms with Gasteiger partial charge in [-0.05, 0) is 43.5 Å². The molecule has 130 valence electrons. The SMILES string of the molecule is CC(N)C(=O)N[C@@H]1C[C@H](C)CN(c2ccc(C#N)c3ncccc23)C1. The van der Waals surface area contributed by atoms with Gasteiger partial charge in [0.05, 0.1) is 17.1 Å². The number of aromatic nitrogens is 1. The number of nitrogens with zero attached hydrogens (tertiary/aromatic N) is 3. The van der Waals surface area contributed by atoms with E-state index in [-0.39, 0.29) is 11.9 Å². The largest absolute Gasteiger partial charge is 0.369 e. The standard InChI is InChI=1S/C19H23N5O/c1-12-8-15(23-19(25)13(2)21)11-24(10-12)17-6-5-14(9-20)18-16(17)4-3-7-22-18/h3-7,12-13,15H,8,10-11,21H2,1-2H3,(H,23,25)/t12-,13?,15+/m0/s1. The number of piperidine rings is 1. The van der Waals surface area contributed by atoms with Gasteiger partial charge in [0.2, 0.25) is 5.91 Å². The number of carbonyl (C=O) groups excluding carboxylic acids is 1. The van der Waals surface area contributed by atoms with Gasteiger partial charge in [-0.25, -0.2) is 0 Å². The van der Waals surface area contributed by atoms with Crippen LogP contribution in [0.15, 0.2) is 30.5 Å². The summed E-state index contributed by atoms with van der Waals surface area (Å²) in [5, 5.41) is 13.3. The summed E-state index contributed by atoms with van der Waals surface area (Å²) in [5.74, 6) is 0.319. The van der Waals surface area contributed by atoms with Gasteiger partial charge in [0.25, 0.3) is 0 Å². The fourth-order valence-electron chi connectivity index (χ4n) is 3.51. The van der Waals surface area contributed by atoms with Crippen molar-refractivity contribution in [3.8, 4) is 6.07 Å². The maximum Gasteiger partial charge on any atom is 0.236 e. The average molecular weight is 337 g/mol. The lowest BCUT2D eigenvalue weighted by Gasteiger charge is -2.39. The number of benzene rings is 1. The van der Waals surface area contributed by atoms with Gasteiger partial charge in [-0.1, -0.05) is 6.92 Å². The number of nitrogens with two attached hydrogens (primary N) is 1. The zero-order valence-corrected chi connectivity index (χ0v) is 14.6. The van der Waals surface area contributed by atoms with Gasteiger partial charge in [0, 0.05) is 36.4 Å². The predicted octanol–water partition coefficient (Wildman–Crippen LogP) is 1.78. The summed E-state index contributed by atoms with van der Waals surface area (Å²) in [4.78, 5) is 18.6. The molecule has 1 aliphatic rings. The van der Waals surface area contributed by atoms with E-state index in [9.17, 15) is 10.1 Å². The number of hydrogen-bond donors (Lipinski definition) is 2. The zero-order valence-electron chi connectivity index (χ0n) is 14.6. The van der Waals surface area contributed by atoms with Crippen LogP contribution < -0.4 is 16.0 Å². The molecule has 1 aromatic carbocycles. The minimum Gasteiger partial charge on any atom is -0.369 e. The Balaban J connectivity index is 1.92. The van der Waals surface area contributed by atoms with Crippen LogP contribution in [0.3, 0.4) is 0 Å². The number of nitriles is 1. The normalized spacial score (nSPS) is 21.6. The van der Waals surface area contributed by atoms with Crippen LogP contribution in [0.4, 0.5) is 5.69 Å². The molecule has 25 heavy (non-hydrogen) atoms. The minimum atomic E-state index is -0.509. The molecule has 1 aliphatic heterocycles. The molecular weight excluding hydrogens is 314 g/mol. The Kier molecular flexibility index (Phi) is 4.86.